The first-order chi connectivity index (χ1) is 30.5. The van der Waals surface area contributed by atoms with Crippen LogP contribution in [0.5, 0.6) is 0 Å². The van der Waals surface area contributed by atoms with Gasteiger partial charge in [-0.3, -0.25) is 9.59 Å². The van der Waals surface area contributed by atoms with E-state index in [0.717, 1.165) is 44.9 Å². The van der Waals surface area contributed by atoms with Crippen molar-refractivity contribution in [2.24, 2.45) is 0 Å². The van der Waals surface area contributed by atoms with Gasteiger partial charge in [-0.15, -0.1) is 0 Å². The van der Waals surface area contributed by atoms with E-state index < -0.39 is 12.1 Å². The minimum absolute atomic E-state index is 0.00160. The van der Waals surface area contributed by atoms with Crippen LogP contribution in [0.1, 0.15) is 309 Å². The lowest BCUT2D eigenvalue weighted by Crippen LogP contribution is -2.45. The predicted octanol–water partition coefficient (Wildman–Crippen LogP) is 16.9. The van der Waals surface area contributed by atoms with Crippen molar-refractivity contribution < 1.29 is 24.5 Å². The molecule has 0 aromatic carbocycles. The number of ether oxygens (including phenoxy) is 1. The Kier molecular flexibility index (Phi) is 51.0. The molecule has 0 aliphatic heterocycles. The summed E-state index contributed by atoms with van der Waals surface area (Å²) < 4.78 is 5.46. The number of rotatable bonds is 52. The van der Waals surface area contributed by atoms with Gasteiger partial charge in [-0.2, -0.15) is 0 Å². The molecule has 0 saturated carbocycles. The van der Waals surface area contributed by atoms with Gasteiger partial charge < -0.3 is 20.3 Å². The van der Waals surface area contributed by atoms with Crippen molar-refractivity contribution in [3.05, 3.63) is 12.2 Å². The molecule has 0 saturated heterocycles. The summed E-state index contributed by atoms with van der Waals surface area (Å²) in [6.45, 7) is 4.93. The first kappa shape index (κ1) is 60.6. The van der Waals surface area contributed by atoms with Gasteiger partial charge in [-0.25, -0.2) is 0 Å². The van der Waals surface area contributed by atoms with Gasteiger partial charge in [-0.1, -0.05) is 257 Å². The first-order valence-corrected chi connectivity index (χ1v) is 27.9. The maximum atomic E-state index is 12.4. The molecule has 0 aliphatic carbocycles. The van der Waals surface area contributed by atoms with E-state index in [-0.39, 0.29) is 18.5 Å². The molecule has 0 rings (SSSR count). The van der Waals surface area contributed by atoms with Crippen LogP contribution >= 0.6 is 0 Å². The monoisotopic (exact) mass is 876 g/mol. The summed E-state index contributed by atoms with van der Waals surface area (Å²) in [6.07, 6.45) is 60.5. The van der Waals surface area contributed by atoms with Crippen LogP contribution in [-0.4, -0.2) is 47.4 Å². The van der Waals surface area contributed by atoms with E-state index in [2.05, 4.69) is 31.3 Å². The van der Waals surface area contributed by atoms with Crippen LogP contribution in [0.3, 0.4) is 0 Å². The molecule has 368 valence electrons. The quantitative estimate of drug-likeness (QED) is 0.0321. The molecule has 0 aromatic heterocycles. The molecule has 2 unspecified atom stereocenters. The summed E-state index contributed by atoms with van der Waals surface area (Å²) in [5.41, 5.74) is 0. The zero-order valence-corrected chi connectivity index (χ0v) is 41.9. The number of esters is 1. The number of carbonyl (C=O) groups is 2. The van der Waals surface area contributed by atoms with Crippen molar-refractivity contribution in [2.45, 2.75) is 321 Å². The summed E-state index contributed by atoms with van der Waals surface area (Å²) >= 11 is 0. The van der Waals surface area contributed by atoms with Crippen LogP contribution < -0.4 is 5.32 Å². The minimum Gasteiger partial charge on any atom is -0.466 e. The van der Waals surface area contributed by atoms with E-state index in [0.29, 0.717) is 25.9 Å². The van der Waals surface area contributed by atoms with Gasteiger partial charge in [-0.05, 0) is 51.4 Å². The third-order valence-electron chi connectivity index (χ3n) is 13.1. The molecule has 0 bridgehead atoms. The number of hydrogen-bond acceptors (Lipinski definition) is 5. The number of carbonyl (C=O) groups excluding carboxylic acids is 2. The van der Waals surface area contributed by atoms with E-state index in [4.69, 9.17) is 4.74 Å². The van der Waals surface area contributed by atoms with Gasteiger partial charge in [0.1, 0.15) is 0 Å². The molecule has 0 radical (unpaired) electrons. The van der Waals surface area contributed by atoms with Crippen LogP contribution in [0.2, 0.25) is 0 Å². The largest absolute Gasteiger partial charge is 0.466 e. The third-order valence-corrected chi connectivity index (χ3v) is 13.1. The van der Waals surface area contributed by atoms with Crippen molar-refractivity contribution in [2.75, 3.05) is 13.2 Å². The zero-order valence-electron chi connectivity index (χ0n) is 41.9. The fraction of sp³-hybridized carbons (Fsp3) is 0.929. The standard InChI is InChI=1S/C56H109NO5/c1-3-5-7-9-11-13-15-25-30-34-38-42-46-50-56(61)62-51-47-43-39-35-31-27-24-22-20-18-17-19-21-23-26-29-33-37-41-45-49-55(60)57-53(52-58)54(59)48-44-40-36-32-28-16-14-12-10-8-6-4-2/h13,15,53-54,58-59H,3-12,14,16-52H2,1-2H3,(H,57,60)/b15-13-. The SMILES string of the molecule is CCCCCC/C=C\CCCCCCCC(=O)OCCCCCCCCCCCCCCCCCCCCCCC(=O)NC(CO)C(O)CCCCCCCCCCCCCC. The highest BCUT2D eigenvalue weighted by molar-refractivity contribution is 5.76. The lowest BCUT2D eigenvalue weighted by molar-refractivity contribution is -0.143. The Balaban J connectivity index is 3.38. The number of hydrogen-bond donors (Lipinski definition) is 3. The fourth-order valence-corrected chi connectivity index (χ4v) is 8.75. The van der Waals surface area contributed by atoms with Crippen LogP contribution in [0.25, 0.3) is 0 Å². The first-order valence-electron chi connectivity index (χ1n) is 27.9. The van der Waals surface area contributed by atoms with Crippen LogP contribution in [0.15, 0.2) is 12.2 Å². The van der Waals surface area contributed by atoms with Crippen LogP contribution in [0, 0.1) is 0 Å². The third kappa shape index (κ3) is 48.1. The second kappa shape index (κ2) is 52.2. The van der Waals surface area contributed by atoms with E-state index in [1.807, 2.05) is 0 Å². The van der Waals surface area contributed by atoms with E-state index in [1.165, 1.54) is 231 Å². The smallest absolute Gasteiger partial charge is 0.305 e. The average molecular weight is 876 g/mol. The Hall–Kier alpha value is -1.40. The highest BCUT2D eigenvalue weighted by Gasteiger charge is 2.20. The Morgan fingerprint density at radius 2 is 0.758 bits per heavy atom. The molecule has 0 heterocycles. The second-order valence-corrected chi connectivity index (χ2v) is 19.3. The van der Waals surface area contributed by atoms with Crippen molar-refractivity contribution in [3.63, 3.8) is 0 Å². The van der Waals surface area contributed by atoms with Gasteiger partial charge in [0.15, 0.2) is 0 Å². The van der Waals surface area contributed by atoms with Crippen molar-refractivity contribution in [1.29, 1.82) is 0 Å². The van der Waals surface area contributed by atoms with Gasteiger partial charge in [0.2, 0.25) is 5.91 Å². The number of nitrogens with one attached hydrogen (secondary N) is 1. The molecule has 6 heteroatoms. The number of aliphatic hydroxyl groups excluding tert-OH is 2. The van der Waals surface area contributed by atoms with Crippen molar-refractivity contribution >= 4 is 11.9 Å². The Morgan fingerprint density at radius 1 is 0.435 bits per heavy atom. The van der Waals surface area contributed by atoms with Crippen molar-refractivity contribution in [3.8, 4) is 0 Å². The van der Waals surface area contributed by atoms with E-state index >= 15 is 0 Å². The molecule has 0 aliphatic rings. The lowest BCUT2D eigenvalue weighted by Gasteiger charge is -2.22. The number of unbranched alkanes of at least 4 members (excludes halogenated alkanes) is 39. The average Bonchev–Trinajstić information content (AvgIpc) is 3.27. The minimum atomic E-state index is -0.663. The van der Waals surface area contributed by atoms with E-state index in [9.17, 15) is 19.8 Å². The van der Waals surface area contributed by atoms with Gasteiger partial charge in [0.25, 0.3) is 0 Å². The molecule has 62 heavy (non-hydrogen) atoms. The summed E-state index contributed by atoms with van der Waals surface area (Å²) in [5, 5.41) is 23.2. The van der Waals surface area contributed by atoms with E-state index in [1.54, 1.807) is 0 Å². The number of amides is 1. The summed E-state index contributed by atoms with van der Waals surface area (Å²) in [5.74, 6) is -0.0349. The number of allylic oxidation sites excluding steroid dienone is 2. The summed E-state index contributed by atoms with van der Waals surface area (Å²) in [7, 11) is 0. The summed E-state index contributed by atoms with van der Waals surface area (Å²) in [6, 6.07) is -0.541. The molecule has 2 atom stereocenters. The highest BCUT2D eigenvalue weighted by Crippen LogP contribution is 2.17. The molecule has 0 spiro atoms. The van der Waals surface area contributed by atoms with Gasteiger partial charge >= 0.3 is 5.97 Å². The molecular formula is C56H109NO5. The van der Waals surface area contributed by atoms with Gasteiger partial charge in [0, 0.05) is 12.8 Å². The zero-order chi connectivity index (χ0) is 45.1. The van der Waals surface area contributed by atoms with Crippen LogP contribution in [-0.2, 0) is 14.3 Å². The Labute approximate surface area is 387 Å². The molecule has 0 fully saturated rings. The Morgan fingerprint density at radius 3 is 1.16 bits per heavy atom. The molecule has 6 nitrogen and oxygen atoms in total. The highest BCUT2D eigenvalue weighted by atomic mass is 16.5. The maximum Gasteiger partial charge on any atom is 0.305 e. The molecule has 0 aromatic rings. The van der Waals surface area contributed by atoms with Crippen LogP contribution in [0.4, 0.5) is 0 Å². The molecule has 3 N–H and O–H groups in total. The predicted molar refractivity (Wildman–Crippen MR) is 269 cm³/mol. The summed E-state index contributed by atoms with van der Waals surface area (Å²) in [4.78, 5) is 24.4. The van der Waals surface area contributed by atoms with Gasteiger partial charge in [0.05, 0.1) is 25.4 Å². The maximum absolute atomic E-state index is 12.4. The topological polar surface area (TPSA) is 95.9 Å². The molecular weight excluding hydrogens is 767 g/mol. The second-order valence-electron chi connectivity index (χ2n) is 19.3. The number of aliphatic hydroxyl groups is 2. The van der Waals surface area contributed by atoms with Crippen molar-refractivity contribution in [1.82, 2.24) is 5.32 Å². The molecule has 1 amide bonds. The Bertz CT molecular complexity index is 924. The fourth-order valence-electron chi connectivity index (χ4n) is 8.75. The normalized spacial score (nSPS) is 12.6. The lowest BCUT2D eigenvalue weighted by atomic mass is 10.0.